The number of H-pyrrole nitrogens is 1. The first kappa shape index (κ1) is 13.0. The van der Waals surface area contributed by atoms with Crippen molar-refractivity contribution in [3.8, 4) is 0 Å². The highest BCUT2D eigenvalue weighted by atomic mass is 19.4. The Balaban J connectivity index is 2.63. The van der Waals surface area contributed by atoms with Gasteiger partial charge in [0.25, 0.3) is 0 Å². The van der Waals surface area contributed by atoms with E-state index in [1.165, 1.54) is 6.20 Å². The number of hydrogen-bond donors (Lipinski definition) is 2. The van der Waals surface area contributed by atoms with E-state index in [0.717, 1.165) is 17.5 Å². The van der Waals surface area contributed by atoms with Crippen molar-refractivity contribution in [2.75, 3.05) is 0 Å². The van der Waals surface area contributed by atoms with Gasteiger partial charge in [-0.3, -0.25) is 0 Å². The summed E-state index contributed by atoms with van der Waals surface area (Å²) in [5, 5.41) is 9.79. The lowest BCUT2D eigenvalue weighted by atomic mass is 10.0. The highest BCUT2D eigenvalue weighted by Crippen LogP contribution is 2.37. The zero-order chi connectivity index (χ0) is 13.5. The Kier molecular flexibility index (Phi) is 3.11. The van der Waals surface area contributed by atoms with Crippen molar-refractivity contribution in [1.82, 2.24) is 4.98 Å². The summed E-state index contributed by atoms with van der Waals surface area (Å²) >= 11 is 0. The second-order valence-corrected chi connectivity index (χ2v) is 4.38. The molecule has 0 bridgehead atoms. The summed E-state index contributed by atoms with van der Waals surface area (Å²) in [5.41, 5.74) is 2.36. The number of aromatic nitrogens is 1. The van der Waals surface area contributed by atoms with Crippen LogP contribution in [0.3, 0.4) is 0 Å². The van der Waals surface area contributed by atoms with Gasteiger partial charge in [0.05, 0.1) is 0 Å². The second-order valence-electron chi connectivity index (χ2n) is 4.38. The molecule has 2 rings (SSSR count). The summed E-state index contributed by atoms with van der Waals surface area (Å²) in [6.07, 6.45) is -5.12. The molecule has 1 unspecified atom stereocenters. The molecule has 5 heteroatoms. The SMILES string of the molecule is CCc1cc(C)c2[nH]cc(C(O)C(F)(F)F)c2c1. The lowest BCUT2D eigenvalue weighted by molar-refractivity contribution is -0.206. The topological polar surface area (TPSA) is 36.0 Å². The summed E-state index contributed by atoms with van der Waals surface area (Å²) < 4.78 is 37.7. The molecule has 0 aliphatic heterocycles. The molecule has 98 valence electrons. The molecule has 0 saturated carbocycles. The molecule has 0 fully saturated rings. The van der Waals surface area contributed by atoms with Crippen LogP contribution in [0.15, 0.2) is 18.3 Å². The standard InChI is InChI=1S/C13H14F3NO/c1-3-8-4-7(2)11-9(5-8)10(6-17-11)12(18)13(14,15)16/h4-6,12,17-18H,3H2,1-2H3. The van der Waals surface area contributed by atoms with Gasteiger partial charge in [-0.1, -0.05) is 13.0 Å². The number of rotatable bonds is 2. The molecule has 0 aliphatic rings. The van der Waals surface area contributed by atoms with E-state index in [0.29, 0.717) is 10.9 Å². The molecule has 18 heavy (non-hydrogen) atoms. The number of aryl methyl sites for hydroxylation is 2. The number of nitrogens with one attached hydrogen (secondary N) is 1. The molecule has 0 radical (unpaired) electrons. The number of benzene rings is 1. The average molecular weight is 257 g/mol. The number of aliphatic hydroxyl groups excluding tert-OH is 1. The van der Waals surface area contributed by atoms with Crippen LogP contribution in [0.25, 0.3) is 10.9 Å². The lowest BCUT2D eigenvalue weighted by Gasteiger charge is -2.14. The predicted molar refractivity (Wildman–Crippen MR) is 63.4 cm³/mol. The summed E-state index contributed by atoms with van der Waals surface area (Å²) in [5.74, 6) is 0. The van der Waals surface area contributed by atoms with E-state index in [4.69, 9.17) is 0 Å². The fraction of sp³-hybridized carbons (Fsp3) is 0.385. The number of fused-ring (bicyclic) bond motifs is 1. The van der Waals surface area contributed by atoms with E-state index < -0.39 is 12.3 Å². The van der Waals surface area contributed by atoms with E-state index in [9.17, 15) is 18.3 Å². The minimum Gasteiger partial charge on any atom is -0.379 e. The van der Waals surface area contributed by atoms with Crippen LogP contribution >= 0.6 is 0 Å². The Morgan fingerprint density at radius 3 is 2.56 bits per heavy atom. The van der Waals surface area contributed by atoms with E-state index in [1.54, 1.807) is 6.07 Å². The fourth-order valence-corrected chi connectivity index (χ4v) is 2.12. The summed E-state index contributed by atoms with van der Waals surface area (Å²) in [6, 6.07) is 3.63. The van der Waals surface area contributed by atoms with E-state index in [-0.39, 0.29) is 5.56 Å². The van der Waals surface area contributed by atoms with Gasteiger partial charge >= 0.3 is 6.18 Å². The van der Waals surface area contributed by atoms with Crippen LogP contribution in [0.1, 0.15) is 29.7 Å². The van der Waals surface area contributed by atoms with Crippen molar-refractivity contribution in [2.45, 2.75) is 32.5 Å². The number of aliphatic hydroxyl groups is 1. The van der Waals surface area contributed by atoms with Gasteiger partial charge in [0, 0.05) is 22.7 Å². The number of aromatic amines is 1. The van der Waals surface area contributed by atoms with Crippen molar-refractivity contribution < 1.29 is 18.3 Å². The first-order chi connectivity index (χ1) is 8.34. The Morgan fingerprint density at radius 1 is 1.33 bits per heavy atom. The quantitative estimate of drug-likeness (QED) is 0.846. The molecule has 1 atom stereocenters. The summed E-state index contributed by atoms with van der Waals surface area (Å²) in [6.45, 7) is 3.77. The van der Waals surface area contributed by atoms with Crippen LogP contribution in [-0.4, -0.2) is 16.3 Å². The molecular weight excluding hydrogens is 243 g/mol. The molecule has 1 aromatic heterocycles. The Hall–Kier alpha value is -1.49. The van der Waals surface area contributed by atoms with Gasteiger partial charge in [-0.05, 0) is 30.5 Å². The smallest absolute Gasteiger partial charge is 0.379 e. The van der Waals surface area contributed by atoms with Crippen LogP contribution in [0, 0.1) is 6.92 Å². The normalized spacial score (nSPS) is 14.1. The largest absolute Gasteiger partial charge is 0.418 e. The molecular formula is C13H14F3NO. The van der Waals surface area contributed by atoms with Crippen molar-refractivity contribution >= 4 is 10.9 Å². The van der Waals surface area contributed by atoms with Gasteiger partial charge in [-0.15, -0.1) is 0 Å². The van der Waals surface area contributed by atoms with Crippen molar-refractivity contribution in [1.29, 1.82) is 0 Å². The third kappa shape index (κ3) is 2.10. The Morgan fingerprint density at radius 2 is 2.00 bits per heavy atom. The van der Waals surface area contributed by atoms with Gasteiger partial charge in [-0.2, -0.15) is 13.2 Å². The van der Waals surface area contributed by atoms with Crippen LogP contribution in [0.5, 0.6) is 0 Å². The third-order valence-electron chi connectivity index (χ3n) is 3.09. The highest BCUT2D eigenvalue weighted by molar-refractivity contribution is 5.87. The molecule has 0 saturated heterocycles. The molecule has 0 aliphatic carbocycles. The minimum absolute atomic E-state index is 0.115. The fourth-order valence-electron chi connectivity index (χ4n) is 2.12. The molecule has 2 N–H and O–H groups in total. The minimum atomic E-state index is -4.65. The Labute approximate surface area is 102 Å². The monoisotopic (exact) mass is 257 g/mol. The van der Waals surface area contributed by atoms with Crippen LogP contribution < -0.4 is 0 Å². The summed E-state index contributed by atoms with van der Waals surface area (Å²) in [7, 11) is 0. The Bertz CT molecular complexity index is 571. The van der Waals surface area contributed by atoms with Gasteiger partial charge in [-0.25, -0.2) is 0 Å². The number of alkyl halides is 3. The first-order valence-corrected chi connectivity index (χ1v) is 5.70. The van der Waals surface area contributed by atoms with Gasteiger partial charge in [0.2, 0.25) is 0 Å². The molecule has 2 nitrogen and oxygen atoms in total. The highest BCUT2D eigenvalue weighted by Gasteiger charge is 2.40. The number of halogens is 3. The maximum Gasteiger partial charge on any atom is 0.418 e. The van der Waals surface area contributed by atoms with Gasteiger partial charge in [0.1, 0.15) is 0 Å². The predicted octanol–water partition coefficient (Wildman–Crippen LogP) is 3.63. The van der Waals surface area contributed by atoms with Crippen LogP contribution in [0.4, 0.5) is 13.2 Å². The molecule has 2 aromatic rings. The lowest BCUT2D eigenvalue weighted by Crippen LogP contribution is -2.19. The molecule has 0 amide bonds. The number of hydrogen-bond acceptors (Lipinski definition) is 1. The first-order valence-electron chi connectivity index (χ1n) is 5.70. The van der Waals surface area contributed by atoms with Crippen molar-refractivity contribution in [3.05, 3.63) is 35.0 Å². The molecule has 0 spiro atoms. The summed E-state index contributed by atoms with van der Waals surface area (Å²) in [4.78, 5) is 2.80. The van der Waals surface area contributed by atoms with Gasteiger partial charge < -0.3 is 10.1 Å². The van der Waals surface area contributed by atoms with Crippen molar-refractivity contribution in [3.63, 3.8) is 0 Å². The molecule has 1 heterocycles. The van der Waals surface area contributed by atoms with Crippen LogP contribution in [-0.2, 0) is 6.42 Å². The zero-order valence-electron chi connectivity index (χ0n) is 10.1. The second kappa shape index (κ2) is 4.31. The molecule has 1 aromatic carbocycles. The maximum atomic E-state index is 12.6. The average Bonchev–Trinajstić information content (AvgIpc) is 2.70. The van der Waals surface area contributed by atoms with Gasteiger partial charge in [0.15, 0.2) is 6.10 Å². The van der Waals surface area contributed by atoms with E-state index >= 15 is 0 Å². The zero-order valence-corrected chi connectivity index (χ0v) is 10.1. The third-order valence-corrected chi connectivity index (χ3v) is 3.09. The van der Waals surface area contributed by atoms with Crippen molar-refractivity contribution in [2.24, 2.45) is 0 Å². The maximum absolute atomic E-state index is 12.6. The van der Waals surface area contributed by atoms with E-state index in [1.807, 2.05) is 19.9 Å². The van der Waals surface area contributed by atoms with E-state index in [2.05, 4.69) is 4.98 Å². The van der Waals surface area contributed by atoms with Crippen LogP contribution in [0.2, 0.25) is 0 Å².